The number of ether oxygens (including phenoxy) is 2. The first-order valence-electron chi connectivity index (χ1n) is 9.53. The summed E-state index contributed by atoms with van der Waals surface area (Å²) in [7, 11) is 0. The highest BCUT2D eigenvalue weighted by Crippen LogP contribution is 2.35. The molecule has 1 aromatic heterocycles. The van der Waals surface area contributed by atoms with Crippen molar-refractivity contribution in [1.82, 2.24) is 10.5 Å². The fourth-order valence-corrected chi connectivity index (χ4v) is 3.65. The average Bonchev–Trinajstić information content (AvgIpc) is 3.00. The molecule has 0 atom stereocenters. The molecule has 1 aromatic carbocycles. The maximum atomic E-state index is 12.5. The summed E-state index contributed by atoms with van der Waals surface area (Å²) in [5, 5.41) is 7.05. The van der Waals surface area contributed by atoms with Gasteiger partial charge in [0.2, 0.25) is 5.91 Å². The first-order valence-corrected chi connectivity index (χ1v) is 9.53. The molecular formula is C21H28N2O4. The van der Waals surface area contributed by atoms with E-state index in [1.54, 1.807) is 0 Å². The lowest BCUT2D eigenvalue weighted by Crippen LogP contribution is -2.45. The molecule has 2 heterocycles. The summed E-state index contributed by atoms with van der Waals surface area (Å²) in [5.41, 5.74) is 2.74. The van der Waals surface area contributed by atoms with E-state index in [1.807, 2.05) is 32.9 Å². The van der Waals surface area contributed by atoms with E-state index in [0.29, 0.717) is 32.1 Å². The van der Waals surface area contributed by atoms with Crippen LogP contribution in [0.2, 0.25) is 0 Å². The summed E-state index contributed by atoms with van der Waals surface area (Å²) in [6.07, 6.45) is 2.05. The van der Waals surface area contributed by atoms with Gasteiger partial charge in [0, 0.05) is 30.7 Å². The van der Waals surface area contributed by atoms with Crippen LogP contribution in [0.15, 0.2) is 28.8 Å². The van der Waals surface area contributed by atoms with Crippen LogP contribution in [0.5, 0.6) is 5.75 Å². The second kappa shape index (κ2) is 8.57. The Balaban J connectivity index is 1.70. The van der Waals surface area contributed by atoms with E-state index in [1.165, 1.54) is 5.56 Å². The van der Waals surface area contributed by atoms with Crippen molar-refractivity contribution in [3.63, 3.8) is 0 Å². The van der Waals surface area contributed by atoms with Crippen molar-refractivity contribution in [3.8, 4) is 5.75 Å². The molecule has 146 valence electrons. The predicted octanol–water partition coefficient (Wildman–Crippen LogP) is 3.10. The molecule has 1 aliphatic rings. The SMILES string of the molecule is CCOc1ccc(C2(CNC(=O)Cc3c(C)noc3C)CCOCC2)cc1. The van der Waals surface area contributed by atoms with Gasteiger partial charge in [0.25, 0.3) is 0 Å². The molecule has 0 bridgehead atoms. The molecule has 6 heteroatoms. The Labute approximate surface area is 160 Å². The normalized spacial score (nSPS) is 16.1. The summed E-state index contributed by atoms with van der Waals surface area (Å²) in [6.45, 7) is 8.31. The van der Waals surface area contributed by atoms with E-state index in [2.05, 4.69) is 22.6 Å². The minimum absolute atomic E-state index is 0.0128. The third kappa shape index (κ3) is 4.50. The van der Waals surface area contributed by atoms with Crippen molar-refractivity contribution in [1.29, 1.82) is 0 Å². The number of carbonyl (C=O) groups excluding carboxylic acids is 1. The van der Waals surface area contributed by atoms with Crippen molar-refractivity contribution in [2.45, 2.75) is 45.4 Å². The Kier molecular flexibility index (Phi) is 6.16. The molecular weight excluding hydrogens is 344 g/mol. The van der Waals surface area contributed by atoms with Crippen LogP contribution in [0.3, 0.4) is 0 Å². The van der Waals surface area contributed by atoms with Crippen molar-refractivity contribution in [2.24, 2.45) is 0 Å². The molecule has 6 nitrogen and oxygen atoms in total. The highest BCUT2D eigenvalue weighted by Gasteiger charge is 2.35. The molecule has 27 heavy (non-hydrogen) atoms. The van der Waals surface area contributed by atoms with E-state index in [-0.39, 0.29) is 17.7 Å². The molecule has 0 unspecified atom stereocenters. The minimum atomic E-state index is -0.114. The van der Waals surface area contributed by atoms with Crippen LogP contribution in [0.25, 0.3) is 0 Å². The Morgan fingerprint density at radius 3 is 2.52 bits per heavy atom. The highest BCUT2D eigenvalue weighted by atomic mass is 16.5. The first-order chi connectivity index (χ1) is 13.0. The number of aromatic nitrogens is 1. The summed E-state index contributed by atoms with van der Waals surface area (Å²) in [4.78, 5) is 12.5. The zero-order valence-electron chi connectivity index (χ0n) is 16.3. The molecule has 0 aliphatic carbocycles. The summed E-state index contributed by atoms with van der Waals surface area (Å²) < 4.78 is 16.3. The number of nitrogens with zero attached hydrogens (tertiary/aromatic N) is 1. The van der Waals surface area contributed by atoms with E-state index in [4.69, 9.17) is 14.0 Å². The van der Waals surface area contributed by atoms with Gasteiger partial charge >= 0.3 is 0 Å². The maximum absolute atomic E-state index is 12.5. The number of carbonyl (C=O) groups is 1. The molecule has 2 aromatic rings. The van der Waals surface area contributed by atoms with Gasteiger partial charge in [-0.05, 0) is 51.3 Å². The van der Waals surface area contributed by atoms with Crippen LogP contribution in [-0.2, 0) is 21.4 Å². The van der Waals surface area contributed by atoms with Gasteiger partial charge in [-0.2, -0.15) is 0 Å². The monoisotopic (exact) mass is 372 g/mol. The molecule has 3 rings (SSSR count). The van der Waals surface area contributed by atoms with E-state index in [9.17, 15) is 4.79 Å². The number of hydrogen-bond acceptors (Lipinski definition) is 5. The lowest BCUT2D eigenvalue weighted by atomic mass is 9.74. The Bertz CT molecular complexity index is 741. The van der Waals surface area contributed by atoms with E-state index < -0.39 is 0 Å². The average molecular weight is 372 g/mol. The van der Waals surface area contributed by atoms with Crippen LogP contribution in [0, 0.1) is 13.8 Å². The number of aryl methyl sites for hydroxylation is 2. The van der Waals surface area contributed by atoms with Crippen LogP contribution >= 0.6 is 0 Å². The van der Waals surface area contributed by atoms with Gasteiger partial charge < -0.3 is 19.3 Å². The van der Waals surface area contributed by atoms with Gasteiger partial charge in [-0.1, -0.05) is 17.3 Å². The standard InChI is InChI=1S/C21H28N2O4/c1-4-26-18-7-5-17(6-8-18)21(9-11-25-12-10-21)14-22-20(24)13-19-15(2)23-27-16(19)3/h5-8H,4,9-14H2,1-3H3,(H,22,24). The van der Waals surface area contributed by atoms with Crippen LogP contribution in [0.1, 0.15) is 42.3 Å². The fraction of sp³-hybridized carbons (Fsp3) is 0.524. The van der Waals surface area contributed by atoms with E-state index >= 15 is 0 Å². The second-order valence-corrected chi connectivity index (χ2v) is 7.11. The summed E-state index contributed by atoms with van der Waals surface area (Å²) in [5.74, 6) is 1.56. The summed E-state index contributed by atoms with van der Waals surface area (Å²) in [6, 6.07) is 8.22. The minimum Gasteiger partial charge on any atom is -0.494 e. The third-order valence-corrected chi connectivity index (χ3v) is 5.37. The molecule has 1 N–H and O–H groups in total. The zero-order valence-corrected chi connectivity index (χ0v) is 16.3. The first kappa shape index (κ1) is 19.4. The smallest absolute Gasteiger partial charge is 0.224 e. The van der Waals surface area contributed by atoms with Crippen molar-refractivity contribution in [3.05, 3.63) is 46.8 Å². The molecule has 1 amide bonds. The zero-order chi connectivity index (χ0) is 19.3. The Morgan fingerprint density at radius 2 is 1.93 bits per heavy atom. The van der Waals surface area contributed by atoms with Gasteiger partial charge in [0.05, 0.1) is 18.7 Å². The van der Waals surface area contributed by atoms with Gasteiger partial charge in [-0.3, -0.25) is 4.79 Å². The molecule has 0 spiro atoms. The molecule has 0 saturated carbocycles. The van der Waals surface area contributed by atoms with E-state index in [0.717, 1.165) is 29.8 Å². The van der Waals surface area contributed by atoms with Gasteiger partial charge in [-0.15, -0.1) is 0 Å². The van der Waals surface area contributed by atoms with Crippen LogP contribution in [-0.4, -0.2) is 37.4 Å². The fourth-order valence-electron chi connectivity index (χ4n) is 3.65. The summed E-state index contributed by atoms with van der Waals surface area (Å²) >= 11 is 0. The Morgan fingerprint density at radius 1 is 1.22 bits per heavy atom. The lowest BCUT2D eigenvalue weighted by Gasteiger charge is -2.38. The van der Waals surface area contributed by atoms with Gasteiger partial charge in [-0.25, -0.2) is 0 Å². The largest absolute Gasteiger partial charge is 0.494 e. The van der Waals surface area contributed by atoms with Gasteiger partial charge in [0.15, 0.2) is 0 Å². The molecule has 1 aliphatic heterocycles. The molecule has 1 saturated heterocycles. The second-order valence-electron chi connectivity index (χ2n) is 7.11. The van der Waals surface area contributed by atoms with Crippen LogP contribution < -0.4 is 10.1 Å². The number of nitrogens with one attached hydrogen (secondary N) is 1. The topological polar surface area (TPSA) is 73.6 Å². The van der Waals surface area contributed by atoms with Crippen molar-refractivity contribution < 1.29 is 18.8 Å². The number of benzene rings is 1. The number of hydrogen-bond donors (Lipinski definition) is 1. The van der Waals surface area contributed by atoms with Crippen LogP contribution in [0.4, 0.5) is 0 Å². The molecule has 1 fully saturated rings. The highest BCUT2D eigenvalue weighted by molar-refractivity contribution is 5.79. The maximum Gasteiger partial charge on any atom is 0.224 e. The lowest BCUT2D eigenvalue weighted by molar-refractivity contribution is -0.121. The van der Waals surface area contributed by atoms with Gasteiger partial charge in [0.1, 0.15) is 11.5 Å². The quantitative estimate of drug-likeness (QED) is 0.808. The number of amides is 1. The van der Waals surface area contributed by atoms with Crippen molar-refractivity contribution >= 4 is 5.91 Å². The molecule has 0 radical (unpaired) electrons. The van der Waals surface area contributed by atoms with Crippen molar-refractivity contribution in [2.75, 3.05) is 26.4 Å². The third-order valence-electron chi connectivity index (χ3n) is 5.37. The Hall–Kier alpha value is -2.34. The number of rotatable bonds is 7. The predicted molar refractivity (Wildman–Crippen MR) is 102 cm³/mol.